The number of hydrogen-bond donors (Lipinski definition) is 4. The van der Waals surface area contributed by atoms with Crippen LogP contribution >= 0.6 is 11.3 Å². The lowest BCUT2D eigenvalue weighted by Crippen LogP contribution is -2.54. The third kappa shape index (κ3) is 4.91. The summed E-state index contributed by atoms with van der Waals surface area (Å²) in [6.45, 7) is 2.27. The highest BCUT2D eigenvalue weighted by Crippen LogP contribution is 2.34. The minimum absolute atomic E-state index is 0.0182. The number of aromatic nitrogens is 1. The molecule has 1 aromatic carbocycles. The Morgan fingerprint density at radius 1 is 1.25 bits per heavy atom. The minimum atomic E-state index is -1.27. The van der Waals surface area contributed by atoms with Crippen molar-refractivity contribution in [2.24, 2.45) is 5.92 Å². The largest absolute Gasteiger partial charge is 0.465 e. The second kappa shape index (κ2) is 9.25. The van der Waals surface area contributed by atoms with Gasteiger partial charge in [0, 0.05) is 19.5 Å². The van der Waals surface area contributed by atoms with E-state index in [1.54, 1.807) is 11.3 Å². The number of aliphatic hydroxyl groups excluding tert-OH is 1. The maximum absolute atomic E-state index is 13.0. The van der Waals surface area contributed by atoms with Gasteiger partial charge in [-0.05, 0) is 36.8 Å². The van der Waals surface area contributed by atoms with E-state index < -0.39 is 30.2 Å². The van der Waals surface area contributed by atoms with Crippen LogP contribution < -0.4 is 10.6 Å². The molecule has 4 rings (SSSR count). The van der Waals surface area contributed by atoms with Crippen molar-refractivity contribution >= 4 is 29.2 Å². The first kappa shape index (κ1) is 22.2. The number of carboxylic acid groups (broad SMARTS) is 1. The summed E-state index contributed by atoms with van der Waals surface area (Å²) in [6, 6.07) is 6.12. The molecule has 2 fully saturated rings. The Balaban J connectivity index is 1.39. The molecule has 10 heteroatoms. The second-order valence-electron chi connectivity index (χ2n) is 8.34. The fourth-order valence-electron chi connectivity index (χ4n) is 4.09. The van der Waals surface area contributed by atoms with Crippen molar-refractivity contribution in [3.8, 4) is 10.4 Å². The van der Waals surface area contributed by atoms with Gasteiger partial charge in [0.1, 0.15) is 12.1 Å². The fraction of sp³-hybridized carbons (Fsp3) is 0.455. The molecule has 0 spiro atoms. The molecular weight excluding hydrogens is 432 g/mol. The normalized spacial score (nSPS) is 21.2. The molecule has 4 N–H and O–H groups in total. The van der Waals surface area contributed by atoms with Crippen LogP contribution in [0.4, 0.5) is 4.79 Å². The molecule has 170 valence electrons. The number of aryl methyl sites for hydroxylation is 1. The average molecular weight is 459 g/mol. The number of carbonyl (C=O) groups excluding carboxylic acids is 2. The van der Waals surface area contributed by atoms with Gasteiger partial charge in [-0.3, -0.25) is 9.59 Å². The number of β-amino-alcohol motifs (C(OH)–C–C–N with tert-alkyl or cyclic N) is 1. The number of nitrogens with one attached hydrogen (secondary N) is 2. The van der Waals surface area contributed by atoms with Crippen LogP contribution in [0.1, 0.15) is 30.5 Å². The van der Waals surface area contributed by atoms with E-state index in [9.17, 15) is 19.5 Å². The van der Waals surface area contributed by atoms with Gasteiger partial charge in [-0.1, -0.05) is 24.3 Å². The molecule has 1 aliphatic heterocycles. The Labute approximate surface area is 189 Å². The van der Waals surface area contributed by atoms with Gasteiger partial charge in [0.15, 0.2) is 0 Å². The lowest BCUT2D eigenvalue weighted by Gasteiger charge is -2.28. The molecule has 2 heterocycles. The van der Waals surface area contributed by atoms with Crippen molar-refractivity contribution in [3.05, 3.63) is 41.0 Å². The molecule has 1 saturated heterocycles. The van der Waals surface area contributed by atoms with E-state index in [-0.39, 0.29) is 31.3 Å². The number of aliphatic hydroxyl groups is 1. The zero-order valence-corrected chi connectivity index (χ0v) is 18.5. The third-order valence-corrected chi connectivity index (χ3v) is 6.91. The predicted octanol–water partition coefficient (Wildman–Crippen LogP) is 1.74. The molecule has 1 aromatic heterocycles. The lowest BCUT2D eigenvalue weighted by atomic mass is 10.1. The Morgan fingerprint density at radius 3 is 2.56 bits per heavy atom. The van der Waals surface area contributed by atoms with Crippen LogP contribution in [0.15, 0.2) is 29.8 Å². The monoisotopic (exact) mass is 458 g/mol. The molecule has 2 aliphatic rings. The number of nitrogens with zero attached hydrogens (tertiary/aromatic N) is 2. The number of rotatable bonds is 7. The zero-order valence-electron chi connectivity index (χ0n) is 17.7. The van der Waals surface area contributed by atoms with Crippen molar-refractivity contribution in [2.75, 3.05) is 6.54 Å². The van der Waals surface area contributed by atoms with Crippen LogP contribution in [0.2, 0.25) is 0 Å². The number of carbonyl (C=O) groups is 3. The first-order valence-electron chi connectivity index (χ1n) is 10.6. The molecule has 2 aromatic rings. The van der Waals surface area contributed by atoms with Gasteiger partial charge in [-0.15, -0.1) is 11.3 Å². The fourth-order valence-corrected chi connectivity index (χ4v) is 4.90. The lowest BCUT2D eigenvalue weighted by molar-refractivity contribution is -0.140. The van der Waals surface area contributed by atoms with E-state index in [0.717, 1.165) is 34.5 Å². The zero-order chi connectivity index (χ0) is 22.8. The number of benzene rings is 1. The highest BCUT2D eigenvalue weighted by molar-refractivity contribution is 7.13. The number of thiazole rings is 1. The average Bonchev–Trinajstić information content (AvgIpc) is 3.40. The summed E-state index contributed by atoms with van der Waals surface area (Å²) in [5, 5.41) is 24.3. The topological polar surface area (TPSA) is 132 Å². The van der Waals surface area contributed by atoms with Crippen LogP contribution in [0.5, 0.6) is 0 Å². The van der Waals surface area contributed by atoms with Crippen molar-refractivity contribution in [2.45, 2.75) is 50.9 Å². The van der Waals surface area contributed by atoms with E-state index >= 15 is 0 Å². The summed E-state index contributed by atoms with van der Waals surface area (Å²) in [7, 11) is 0. The molecule has 3 amide bonds. The van der Waals surface area contributed by atoms with E-state index in [1.165, 1.54) is 4.90 Å². The molecule has 1 unspecified atom stereocenters. The minimum Gasteiger partial charge on any atom is -0.465 e. The smallest absolute Gasteiger partial charge is 0.405 e. The van der Waals surface area contributed by atoms with Gasteiger partial charge in [-0.25, -0.2) is 9.78 Å². The van der Waals surface area contributed by atoms with Gasteiger partial charge in [0.25, 0.3) is 0 Å². The van der Waals surface area contributed by atoms with E-state index in [4.69, 9.17) is 5.11 Å². The molecule has 1 saturated carbocycles. The van der Waals surface area contributed by atoms with Crippen LogP contribution in [0.3, 0.4) is 0 Å². The SMILES string of the molecule is Cc1ncsc1-c1ccc(CNC(=O)[C@H]2C[C@@H](O)CN2C(=O)C(NC(=O)O)C2CC2)cc1. The molecular formula is C22H26N4O5S. The summed E-state index contributed by atoms with van der Waals surface area (Å²) >= 11 is 1.58. The Bertz CT molecular complexity index is 1000. The maximum Gasteiger partial charge on any atom is 0.405 e. The number of hydrogen-bond acceptors (Lipinski definition) is 6. The van der Waals surface area contributed by atoms with Crippen molar-refractivity contribution in [3.63, 3.8) is 0 Å². The summed E-state index contributed by atoms with van der Waals surface area (Å²) < 4.78 is 0. The molecule has 1 aliphatic carbocycles. The highest BCUT2D eigenvalue weighted by Gasteiger charge is 2.45. The summed E-state index contributed by atoms with van der Waals surface area (Å²) in [5.41, 5.74) is 4.75. The molecule has 0 radical (unpaired) electrons. The van der Waals surface area contributed by atoms with Crippen LogP contribution in [0.25, 0.3) is 10.4 Å². The van der Waals surface area contributed by atoms with Gasteiger partial charge >= 0.3 is 6.09 Å². The Hall–Kier alpha value is -2.98. The van der Waals surface area contributed by atoms with Gasteiger partial charge in [-0.2, -0.15) is 0 Å². The van der Waals surface area contributed by atoms with Crippen molar-refractivity contribution in [1.29, 1.82) is 0 Å². The van der Waals surface area contributed by atoms with E-state index in [1.807, 2.05) is 36.7 Å². The standard InChI is InChI=1S/C22H26N4O5S/c1-12-19(32-11-24-12)15-4-2-13(3-5-15)9-23-20(28)17-8-16(27)10-26(17)21(29)18(14-6-7-14)25-22(30)31/h2-5,11,14,16-18,25,27H,6-10H2,1H3,(H,23,28)(H,30,31)/t16-,17-,18?/m1/s1. The predicted molar refractivity (Wildman–Crippen MR) is 118 cm³/mol. The first-order chi connectivity index (χ1) is 15.3. The summed E-state index contributed by atoms with van der Waals surface area (Å²) in [6.07, 6.45) is -0.428. The second-order valence-corrected chi connectivity index (χ2v) is 9.20. The Morgan fingerprint density at radius 2 is 1.97 bits per heavy atom. The van der Waals surface area contributed by atoms with Crippen molar-refractivity contribution in [1.82, 2.24) is 20.5 Å². The summed E-state index contributed by atoms with van der Waals surface area (Å²) in [4.78, 5) is 43.6. The van der Waals surface area contributed by atoms with E-state index in [2.05, 4.69) is 15.6 Å². The Kier molecular flexibility index (Phi) is 6.43. The number of likely N-dealkylation sites (tertiary alicyclic amines) is 1. The van der Waals surface area contributed by atoms with Crippen molar-refractivity contribution < 1.29 is 24.6 Å². The van der Waals surface area contributed by atoms with Crippen LogP contribution in [-0.4, -0.2) is 62.7 Å². The van der Waals surface area contributed by atoms with Gasteiger partial charge < -0.3 is 25.7 Å². The summed E-state index contributed by atoms with van der Waals surface area (Å²) in [5.74, 6) is -0.862. The van der Waals surface area contributed by atoms with Gasteiger partial charge in [0.2, 0.25) is 11.8 Å². The molecule has 0 bridgehead atoms. The molecule has 3 atom stereocenters. The molecule has 32 heavy (non-hydrogen) atoms. The van der Waals surface area contributed by atoms with Crippen LogP contribution in [-0.2, 0) is 16.1 Å². The highest BCUT2D eigenvalue weighted by atomic mass is 32.1. The maximum atomic E-state index is 13.0. The van der Waals surface area contributed by atoms with E-state index in [0.29, 0.717) is 0 Å². The third-order valence-electron chi connectivity index (χ3n) is 5.93. The van der Waals surface area contributed by atoms with Crippen LogP contribution in [0, 0.1) is 12.8 Å². The van der Waals surface area contributed by atoms with Gasteiger partial charge in [0.05, 0.1) is 22.2 Å². The quantitative estimate of drug-likeness (QED) is 0.500. The first-order valence-corrected chi connectivity index (χ1v) is 11.5. The molecule has 9 nitrogen and oxygen atoms in total. The number of amides is 3.